The molecule has 3 heterocycles. The topological polar surface area (TPSA) is 83.0 Å². The summed E-state index contributed by atoms with van der Waals surface area (Å²) in [5.74, 6) is 0.789. The molecule has 1 aliphatic rings. The van der Waals surface area contributed by atoms with Gasteiger partial charge in [-0.25, -0.2) is 4.68 Å². The van der Waals surface area contributed by atoms with E-state index in [-0.39, 0.29) is 17.7 Å². The number of benzene rings is 1. The van der Waals surface area contributed by atoms with Gasteiger partial charge in [-0.15, -0.1) is 10.2 Å². The summed E-state index contributed by atoms with van der Waals surface area (Å²) in [5, 5.41) is 14.1. The van der Waals surface area contributed by atoms with E-state index in [1.807, 2.05) is 32.0 Å². The van der Waals surface area contributed by atoms with Crippen LogP contribution in [-0.2, 0) is 4.74 Å². The Balaban J connectivity index is 1.85. The largest absolute Gasteiger partial charge is 0.416 e. The van der Waals surface area contributed by atoms with E-state index in [1.54, 1.807) is 6.07 Å². The Hall–Kier alpha value is -2.54. The predicted molar refractivity (Wildman–Crippen MR) is 92.2 cm³/mol. The Morgan fingerprint density at radius 3 is 2.68 bits per heavy atom. The van der Waals surface area contributed by atoms with Crippen molar-refractivity contribution < 1.29 is 9.15 Å². The van der Waals surface area contributed by atoms with Crippen molar-refractivity contribution in [1.82, 2.24) is 20.0 Å². The molecule has 1 saturated heterocycles. The minimum atomic E-state index is -0.155. The Bertz CT molecular complexity index is 954. The molecule has 0 radical (unpaired) electrons. The molecular weight excluding hydrogens is 320 g/mol. The second-order valence-electron chi connectivity index (χ2n) is 6.54. The molecule has 7 nitrogen and oxygen atoms in total. The smallest absolute Gasteiger partial charge is 0.274 e. The molecule has 1 aromatic carbocycles. The molecule has 25 heavy (non-hydrogen) atoms. The SMILES string of the molecule is CC(C)n1nc(-c2nnc([C@H]3CCCCO3)o2)c2ccccc2c1=O. The molecule has 2 aromatic heterocycles. The van der Waals surface area contributed by atoms with Crippen LogP contribution in [0.15, 0.2) is 33.5 Å². The van der Waals surface area contributed by atoms with E-state index in [1.165, 1.54) is 4.68 Å². The van der Waals surface area contributed by atoms with Crippen molar-refractivity contribution in [2.24, 2.45) is 0 Å². The van der Waals surface area contributed by atoms with E-state index in [4.69, 9.17) is 9.15 Å². The summed E-state index contributed by atoms with van der Waals surface area (Å²) in [6.45, 7) is 4.55. The maximum absolute atomic E-state index is 12.6. The molecule has 4 rings (SSSR count). The lowest BCUT2D eigenvalue weighted by molar-refractivity contribution is -0.00127. The summed E-state index contributed by atoms with van der Waals surface area (Å²) >= 11 is 0. The molecule has 1 fully saturated rings. The lowest BCUT2D eigenvalue weighted by atomic mass is 10.1. The van der Waals surface area contributed by atoms with Crippen molar-refractivity contribution >= 4 is 10.8 Å². The standard InChI is InChI=1S/C18H20N4O3/c1-11(2)22-18(23)13-8-4-3-7-12(13)15(21-22)17-20-19-16(25-17)14-9-5-6-10-24-14/h3-4,7-8,11,14H,5-6,9-10H2,1-2H3/t14-/m1/s1. The van der Waals surface area contributed by atoms with Crippen molar-refractivity contribution in [1.29, 1.82) is 0 Å². The van der Waals surface area contributed by atoms with E-state index >= 15 is 0 Å². The molecule has 7 heteroatoms. The van der Waals surface area contributed by atoms with Crippen molar-refractivity contribution in [2.75, 3.05) is 6.61 Å². The first-order valence-electron chi connectivity index (χ1n) is 8.62. The summed E-state index contributed by atoms with van der Waals surface area (Å²) in [6, 6.07) is 7.29. The van der Waals surface area contributed by atoms with Crippen LogP contribution in [0, 0.1) is 0 Å². The van der Waals surface area contributed by atoms with Gasteiger partial charge in [0.2, 0.25) is 5.89 Å². The zero-order valence-electron chi connectivity index (χ0n) is 14.3. The summed E-state index contributed by atoms with van der Waals surface area (Å²) in [5.41, 5.74) is 0.406. The second kappa shape index (κ2) is 6.40. The third-order valence-electron chi connectivity index (χ3n) is 4.42. The molecule has 1 aliphatic heterocycles. The number of rotatable bonds is 3. The Morgan fingerprint density at radius 1 is 1.16 bits per heavy atom. The highest BCUT2D eigenvalue weighted by Gasteiger charge is 2.24. The van der Waals surface area contributed by atoms with Crippen molar-refractivity contribution in [3.05, 3.63) is 40.5 Å². The van der Waals surface area contributed by atoms with Crippen LogP contribution in [0.1, 0.15) is 51.1 Å². The van der Waals surface area contributed by atoms with Crippen LogP contribution < -0.4 is 5.56 Å². The summed E-state index contributed by atoms with van der Waals surface area (Å²) < 4.78 is 13.0. The Labute approximate surface area is 144 Å². The molecule has 0 aliphatic carbocycles. The fourth-order valence-electron chi connectivity index (χ4n) is 3.11. The van der Waals surface area contributed by atoms with Crippen LogP contribution in [0.4, 0.5) is 0 Å². The quantitative estimate of drug-likeness (QED) is 0.728. The van der Waals surface area contributed by atoms with Crippen LogP contribution in [0.2, 0.25) is 0 Å². The lowest BCUT2D eigenvalue weighted by Crippen LogP contribution is -2.25. The average molecular weight is 340 g/mol. The van der Waals surface area contributed by atoms with Crippen molar-refractivity contribution in [2.45, 2.75) is 45.3 Å². The second-order valence-corrected chi connectivity index (χ2v) is 6.54. The van der Waals surface area contributed by atoms with Gasteiger partial charge in [0.25, 0.3) is 11.4 Å². The number of aromatic nitrogens is 4. The molecule has 0 spiro atoms. The maximum atomic E-state index is 12.6. The van der Waals surface area contributed by atoms with Gasteiger partial charge in [0.1, 0.15) is 6.10 Å². The monoisotopic (exact) mass is 340 g/mol. The van der Waals surface area contributed by atoms with E-state index < -0.39 is 0 Å². The van der Waals surface area contributed by atoms with Crippen molar-refractivity contribution in [3.63, 3.8) is 0 Å². The fraction of sp³-hybridized carbons (Fsp3) is 0.444. The molecule has 0 amide bonds. The van der Waals surface area contributed by atoms with Gasteiger partial charge in [0.05, 0.1) is 11.4 Å². The highest BCUT2D eigenvalue weighted by atomic mass is 16.5. The number of nitrogens with zero attached hydrogens (tertiary/aromatic N) is 4. The minimum Gasteiger partial charge on any atom is -0.416 e. The molecular formula is C18H20N4O3. The number of ether oxygens (including phenoxy) is 1. The molecule has 0 unspecified atom stereocenters. The summed E-state index contributed by atoms with van der Waals surface area (Å²) in [4.78, 5) is 12.6. The highest BCUT2D eigenvalue weighted by molar-refractivity contribution is 5.91. The zero-order valence-corrected chi connectivity index (χ0v) is 14.3. The molecule has 130 valence electrons. The highest BCUT2D eigenvalue weighted by Crippen LogP contribution is 2.30. The first-order chi connectivity index (χ1) is 12.1. The first kappa shape index (κ1) is 16.0. The van der Waals surface area contributed by atoms with Crippen LogP contribution in [-0.4, -0.2) is 26.6 Å². The van der Waals surface area contributed by atoms with E-state index in [2.05, 4.69) is 15.3 Å². The maximum Gasteiger partial charge on any atom is 0.274 e. The van der Waals surface area contributed by atoms with E-state index in [0.717, 1.165) is 19.3 Å². The lowest BCUT2D eigenvalue weighted by Gasteiger charge is -2.18. The van der Waals surface area contributed by atoms with Gasteiger partial charge in [-0.3, -0.25) is 4.79 Å². The van der Waals surface area contributed by atoms with Crippen molar-refractivity contribution in [3.8, 4) is 11.6 Å². The van der Waals surface area contributed by atoms with Gasteiger partial charge in [0, 0.05) is 12.0 Å². The molecule has 0 N–H and O–H groups in total. The van der Waals surface area contributed by atoms with Crippen LogP contribution in [0.3, 0.4) is 0 Å². The van der Waals surface area contributed by atoms with Gasteiger partial charge in [0.15, 0.2) is 5.69 Å². The van der Waals surface area contributed by atoms with Gasteiger partial charge < -0.3 is 9.15 Å². The average Bonchev–Trinajstić information content (AvgIpc) is 3.13. The van der Waals surface area contributed by atoms with Crippen LogP contribution >= 0.6 is 0 Å². The third-order valence-corrected chi connectivity index (χ3v) is 4.42. The normalized spacial score (nSPS) is 18.1. The molecule has 0 saturated carbocycles. The molecule has 1 atom stereocenters. The van der Waals surface area contributed by atoms with Gasteiger partial charge in [-0.2, -0.15) is 5.10 Å². The predicted octanol–water partition coefficient (Wildman–Crippen LogP) is 3.27. The van der Waals surface area contributed by atoms with Gasteiger partial charge >= 0.3 is 0 Å². The van der Waals surface area contributed by atoms with E-state index in [9.17, 15) is 4.79 Å². The Kier molecular flexibility index (Phi) is 4.09. The van der Waals surface area contributed by atoms with Crippen LogP contribution in [0.25, 0.3) is 22.4 Å². The fourth-order valence-corrected chi connectivity index (χ4v) is 3.11. The van der Waals surface area contributed by atoms with Crippen LogP contribution in [0.5, 0.6) is 0 Å². The van der Waals surface area contributed by atoms with E-state index in [0.29, 0.717) is 34.9 Å². The summed E-state index contributed by atoms with van der Waals surface area (Å²) in [6.07, 6.45) is 2.86. The Morgan fingerprint density at radius 2 is 1.96 bits per heavy atom. The minimum absolute atomic E-state index is 0.0695. The van der Waals surface area contributed by atoms with Gasteiger partial charge in [-0.05, 0) is 39.2 Å². The molecule has 0 bridgehead atoms. The zero-order chi connectivity index (χ0) is 17.4. The first-order valence-corrected chi connectivity index (χ1v) is 8.62. The summed E-state index contributed by atoms with van der Waals surface area (Å²) in [7, 11) is 0. The number of hydrogen-bond acceptors (Lipinski definition) is 6. The van der Waals surface area contributed by atoms with Gasteiger partial charge in [-0.1, -0.05) is 18.2 Å². The number of hydrogen-bond donors (Lipinski definition) is 0. The number of fused-ring (bicyclic) bond motifs is 1. The third kappa shape index (κ3) is 2.84. The molecule has 3 aromatic rings.